The second-order valence-corrected chi connectivity index (χ2v) is 13.1. The summed E-state index contributed by atoms with van der Waals surface area (Å²) in [6.07, 6.45) is 4.98. The standard InChI is InChI=1S/C36H44FN7O2/c1-20(2)29(44-45-3)18-24(6-4-14-38)35-41-27-12-9-21-16-23(8-11-25(21)33(27)43-35)34-32(37)26-17-22(10-13-31(26)46-34)30-19-40-36(42-30)28-7-5-15-39-28/h8-13,16-17,20,24,28-30,39,44H,4-7,14-15,18-19,38H2,1-3H3,(H,40,42)(H,41,43)/t24-,28+,29-,30?/m1/s1. The van der Waals surface area contributed by atoms with Crippen LogP contribution in [0.15, 0.2) is 57.9 Å². The lowest BCUT2D eigenvalue weighted by Gasteiger charge is -2.25. The van der Waals surface area contributed by atoms with Crippen LogP contribution in [0.25, 0.3) is 44.1 Å². The van der Waals surface area contributed by atoms with Crippen LogP contribution >= 0.6 is 0 Å². The molecule has 2 aromatic heterocycles. The van der Waals surface area contributed by atoms with Gasteiger partial charge in [-0.2, -0.15) is 5.48 Å². The number of halogens is 1. The molecule has 1 saturated heterocycles. The van der Waals surface area contributed by atoms with Gasteiger partial charge in [0, 0.05) is 22.9 Å². The fourth-order valence-electron chi connectivity index (χ4n) is 7.06. The van der Waals surface area contributed by atoms with Gasteiger partial charge >= 0.3 is 0 Å². The summed E-state index contributed by atoms with van der Waals surface area (Å²) in [6, 6.07) is 16.3. The topological polar surface area (TPSA) is 126 Å². The Morgan fingerprint density at radius 1 is 1.11 bits per heavy atom. The van der Waals surface area contributed by atoms with Crippen LogP contribution < -0.4 is 21.8 Å². The van der Waals surface area contributed by atoms with E-state index in [1.165, 1.54) is 0 Å². The Morgan fingerprint density at radius 2 is 2.00 bits per heavy atom. The van der Waals surface area contributed by atoms with E-state index in [0.717, 1.165) is 77.7 Å². The smallest absolute Gasteiger partial charge is 0.177 e. The maximum atomic E-state index is 16.0. The average Bonchev–Trinajstić information content (AvgIpc) is 3.88. The summed E-state index contributed by atoms with van der Waals surface area (Å²) in [6.45, 7) is 6.69. The Kier molecular flexibility index (Phi) is 8.78. The number of fused-ring (bicyclic) bond motifs is 4. The van der Waals surface area contributed by atoms with Crippen LogP contribution in [0.4, 0.5) is 4.39 Å². The highest BCUT2D eigenvalue weighted by molar-refractivity contribution is 6.05. The number of aromatic amines is 1. The molecule has 4 atom stereocenters. The van der Waals surface area contributed by atoms with Crippen molar-refractivity contribution in [2.24, 2.45) is 16.6 Å². The SMILES string of the molecule is CON[C@H](C[C@@H](CCCN)c1nc2c(ccc3cc(-c4oc5ccc(C6CN=C([C@@H]7CCCN7)N6)cc5c4F)ccc32)[nH]1)C(C)C. The van der Waals surface area contributed by atoms with E-state index >= 15 is 4.39 Å². The third kappa shape index (κ3) is 5.90. The van der Waals surface area contributed by atoms with E-state index in [2.05, 4.69) is 47.1 Å². The van der Waals surface area contributed by atoms with Gasteiger partial charge in [0.05, 0.1) is 42.2 Å². The number of rotatable bonds is 12. The van der Waals surface area contributed by atoms with E-state index in [1.54, 1.807) is 7.11 Å². The van der Waals surface area contributed by atoms with Crippen molar-refractivity contribution in [2.75, 3.05) is 26.7 Å². The first-order valence-electron chi connectivity index (χ1n) is 16.6. The average molecular weight is 626 g/mol. The van der Waals surface area contributed by atoms with E-state index < -0.39 is 0 Å². The minimum absolute atomic E-state index is 0.0313. The van der Waals surface area contributed by atoms with Crippen LogP contribution in [0.2, 0.25) is 0 Å². The van der Waals surface area contributed by atoms with Gasteiger partial charge in [-0.05, 0) is 86.3 Å². The van der Waals surface area contributed by atoms with E-state index in [0.29, 0.717) is 41.6 Å². The van der Waals surface area contributed by atoms with Gasteiger partial charge in [0.25, 0.3) is 0 Å². The molecule has 0 saturated carbocycles. The monoisotopic (exact) mass is 625 g/mol. The molecule has 5 aromatic rings. The normalized spacial score (nSPS) is 19.8. The molecule has 2 aliphatic heterocycles. The minimum atomic E-state index is -0.344. The highest BCUT2D eigenvalue weighted by atomic mass is 19.1. The van der Waals surface area contributed by atoms with Crippen molar-refractivity contribution in [2.45, 2.75) is 70.0 Å². The lowest BCUT2D eigenvalue weighted by molar-refractivity contribution is 0.0403. The summed E-state index contributed by atoms with van der Waals surface area (Å²) in [5.41, 5.74) is 13.2. The zero-order valence-electron chi connectivity index (χ0n) is 26.8. The molecule has 242 valence electrons. The maximum absolute atomic E-state index is 16.0. The molecule has 10 heteroatoms. The van der Waals surface area contributed by atoms with Gasteiger partial charge in [0.15, 0.2) is 11.6 Å². The Balaban J connectivity index is 1.16. The van der Waals surface area contributed by atoms with E-state index in [4.69, 9.17) is 25.0 Å². The molecule has 3 aromatic carbocycles. The molecule has 4 heterocycles. The number of nitrogens with two attached hydrogens (primary N) is 1. The molecule has 2 aliphatic rings. The summed E-state index contributed by atoms with van der Waals surface area (Å²) >= 11 is 0. The minimum Gasteiger partial charge on any atom is -0.453 e. The van der Waals surface area contributed by atoms with Gasteiger partial charge in [-0.3, -0.25) is 4.99 Å². The zero-order valence-corrected chi connectivity index (χ0v) is 26.8. The van der Waals surface area contributed by atoms with Crippen molar-refractivity contribution in [3.8, 4) is 11.3 Å². The number of H-pyrrole nitrogens is 1. The highest BCUT2D eigenvalue weighted by Gasteiger charge is 2.28. The molecule has 0 aliphatic carbocycles. The second-order valence-electron chi connectivity index (χ2n) is 13.1. The number of nitrogens with zero attached hydrogens (tertiary/aromatic N) is 2. The zero-order chi connectivity index (χ0) is 31.8. The number of aromatic nitrogens is 2. The number of furan rings is 1. The van der Waals surface area contributed by atoms with E-state index in [9.17, 15) is 0 Å². The summed E-state index contributed by atoms with van der Waals surface area (Å²) in [5.74, 6) is 2.47. The molecule has 0 spiro atoms. The van der Waals surface area contributed by atoms with Crippen LogP contribution in [0.3, 0.4) is 0 Å². The lowest BCUT2D eigenvalue weighted by atomic mass is 9.89. The molecular formula is C36H44FN7O2. The van der Waals surface area contributed by atoms with Gasteiger partial charge in [-0.1, -0.05) is 38.1 Å². The first-order valence-corrected chi connectivity index (χ1v) is 16.6. The van der Waals surface area contributed by atoms with Crippen LogP contribution in [0, 0.1) is 11.7 Å². The van der Waals surface area contributed by atoms with Crippen LogP contribution in [0.5, 0.6) is 0 Å². The van der Waals surface area contributed by atoms with Crippen molar-refractivity contribution in [3.05, 3.63) is 65.7 Å². The molecule has 0 radical (unpaired) electrons. The van der Waals surface area contributed by atoms with Crippen LogP contribution in [0.1, 0.15) is 69.3 Å². The summed E-state index contributed by atoms with van der Waals surface area (Å²) < 4.78 is 22.1. The van der Waals surface area contributed by atoms with Gasteiger partial charge in [-0.25, -0.2) is 9.37 Å². The summed E-state index contributed by atoms with van der Waals surface area (Å²) in [5, 5.41) is 9.52. The fraction of sp³-hybridized carbons (Fsp3) is 0.444. The number of benzene rings is 3. The molecule has 0 amide bonds. The molecule has 46 heavy (non-hydrogen) atoms. The lowest BCUT2D eigenvalue weighted by Crippen LogP contribution is -2.38. The third-order valence-corrected chi connectivity index (χ3v) is 9.71. The quantitative estimate of drug-likeness (QED) is 0.101. The van der Waals surface area contributed by atoms with Crippen molar-refractivity contribution >= 4 is 38.6 Å². The number of amidine groups is 1. The Labute approximate surface area is 268 Å². The molecule has 1 unspecified atom stereocenters. The van der Waals surface area contributed by atoms with Gasteiger partial charge in [0.2, 0.25) is 0 Å². The molecule has 0 bridgehead atoms. The van der Waals surface area contributed by atoms with Gasteiger partial charge in [0.1, 0.15) is 17.2 Å². The highest BCUT2D eigenvalue weighted by Crippen LogP contribution is 2.37. The van der Waals surface area contributed by atoms with Gasteiger partial charge < -0.3 is 30.6 Å². The predicted octanol–water partition coefficient (Wildman–Crippen LogP) is 6.45. The maximum Gasteiger partial charge on any atom is 0.177 e. The number of aliphatic imine (C=N–C) groups is 1. The van der Waals surface area contributed by atoms with Crippen molar-refractivity contribution < 1.29 is 13.6 Å². The molecule has 1 fully saturated rings. The molecule has 7 rings (SSSR count). The molecule has 6 N–H and O–H groups in total. The first kappa shape index (κ1) is 30.8. The number of hydrogen-bond donors (Lipinski definition) is 5. The number of hydrogen-bond acceptors (Lipinski definition) is 8. The van der Waals surface area contributed by atoms with Crippen LogP contribution in [-0.2, 0) is 4.84 Å². The largest absolute Gasteiger partial charge is 0.453 e. The number of hydroxylamine groups is 1. The Morgan fingerprint density at radius 3 is 2.78 bits per heavy atom. The first-order chi connectivity index (χ1) is 22.4. The van der Waals surface area contributed by atoms with Crippen LogP contribution in [-0.4, -0.2) is 54.6 Å². The molecular weight excluding hydrogens is 581 g/mol. The van der Waals surface area contributed by atoms with Crippen molar-refractivity contribution in [1.29, 1.82) is 0 Å². The van der Waals surface area contributed by atoms with E-state index in [-0.39, 0.29) is 29.6 Å². The Bertz CT molecular complexity index is 1870. The third-order valence-electron chi connectivity index (χ3n) is 9.71. The van der Waals surface area contributed by atoms with Gasteiger partial charge in [-0.15, -0.1) is 0 Å². The van der Waals surface area contributed by atoms with E-state index in [1.807, 2.05) is 36.4 Å². The molecule has 9 nitrogen and oxygen atoms in total. The Hall–Kier alpha value is -3.83. The number of nitrogens with one attached hydrogen (secondary N) is 4. The summed E-state index contributed by atoms with van der Waals surface area (Å²) in [7, 11) is 1.66. The van der Waals surface area contributed by atoms with Crippen molar-refractivity contribution in [3.63, 3.8) is 0 Å². The summed E-state index contributed by atoms with van der Waals surface area (Å²) in [4.78, 5) is 18.7. The van der Waals surface area contributed by atoms with Crippen molar-refractivity contribution in [1.82, 2.24) is 26.1 Å². The second kappa shape index (κ2) is 13.1. The predicted molar refractivity (Wildman–Crippen MR) is 182 cm³/mol. The number of imidazole rings is 1. The fourth-order valence-corrected chi connectivity index (χ4v) is 7.06.